The van der Waals surface area contributed by atoms with Crippen LogP contribution < -0.4 is 10.6 Å². The van der Waals surface area contributed by atoms with Gasteiger partial charge in [0.05, 0.1) is 12.6 Å². The van der Waals surface area contributed by atoms with Crippen molar-refractivity contribution >= 4 is 35.0 Å². The van der Waals surface area contributed by atoms with E-state index in [0.717, 1.165) is 38.0 Å². The van der Waals surface area contributed by atoms with Crippen molar-refractivity contribution in [3.63, 3.8) is 0 Å². The third-order valence-electron chi connectivity index (χ3n) is 4.52. The number of benzene rings is 1. The average molecular weight is 386 g/mol. The zero-order chi connectivity index (χ0) is 18.4. The van der Waals surface area contributed by atoms with E-state index in [1.165, 1.54) is 6.92 Å². The van der Waals surface area contributed by atoms with Crippen molar-refractivity contribution in [1.29, 1.82) is 0 Å². The summed E-state index contributed by atoms with van der Waals surface area (Å²) in [5.74, 6) is 0.491. The first-order valence-corrected chi connectivity index (χ1v) is 9.32. The molecule has 0 aliphatic carbocycles. The maximum atomic E-state index is 12.3. The number of hydrogen-bond donors (Lipinski definition) is 2. The van der Waals surface area contributed by atoms with Crippen LogP contribution in [0.25, 0.3) is 0 Å². The second kappa shape index (κ2) is 9.41. The lowest BCUT2D eigenvalue weighted by Crippen LogP contribution is -2.43. The third-order valence-corrected chi connectivity index (χ3v) is 5.08. The van der Waals surface area contributed by atoms with Crippen LogP contribution >= 0.6 is 23.2 Å². The minimum Gasteiger partial charge on any atom is -0.356 e. The van der Waals surface area contributed by atoms with E-state index in [1.54, 1.807) is 12.1 Å². The number of amides is 2. The van der Waals surface area contributed by atoms with E-state index in [9.17, 15) is 9.59 Å². The highest BCUT2D eigenvalue weighted by Gasteiger charge is 2.22. The SMILES string of the molecule is CC(=O)NCC1CCN(CC(=O)NC(C)c2ccc(Cl)cc2Cl)CC1. The van der Waals surface area contributed by atoms with Gasteiger partial charge in [-0.25, -0.2) is 0 Å². The van der Waals surface area contributed by atoms with Gasteiger partial charge in [-0.3, -0.25) is 14.5 Å². The first kappa shape index (κ1) is 20.0. The van der Waals surface area contributed by atoms with Crippen LogP contribution in [0.2, 0.25) is 10.0 Å². The summed E-state index contributed by atoms with van der Waals surface area (Å²) in [7, 11) is 0. The predicted molar refractivity (Wildman–Crippen MR) is 101 cm³/mol. The van der Waals surface area contributed by atoms with Crippen molar-refractivity contribution in [3.05, 3.63) is 33.8 Å². The summed E-state index contributed by atoms with van der Waals surface area (Å²) in [5, 5.41) is 6.99. The zero-order valence-corrected chi connectivity index (χ0v) is 16.2. The van der Waals surface area contributed by atoms with Crippen LogP contribution in [0.1, 0.15) is 38.3 Å². The highest BCUT2D eigenvalue weighted by Crippen LogP contribution is 2.26. The average Bonchev–Trinajstić information content (AvgIpc) is 2.53. The van der Waals surface area contributed by atoms with Crippen LogP contribution in [-0.2, 0) is 9.59 Å². The number of carbonyl (C=O) groups is 2. The molecule has 138 valence electrons. The molecule has 7 heteroatoms. The molecule has 1 aliphatic rings. The molecule has 0 spiro atoms. The number of likely N-dealkylation sites (tertiary alicyclic amines) is 1. The van der Waals surface area contributed by atoms with Crippen LogP contribution in [-0.4, -0.2) is 42.9 Å². The molecule has 0 bridgehead atoms. The van der Waals surface area contributed by atoms with E-state index < -0.39 is 0 Å². The molecule has 0 radical (unpaired) electrons. The summed E-state index contributed by atoms with van der Waals surface area (Å²) in [6, 6.07) is 5.12. The molecule has 2 N–H and O–H groups in total. The monoisotopic (exact) mass is 385 g/mol. The Kier molecular flexibility index (Phi) is 7.54. The zero-order valence-electron chi connectivity index (χ0n) is 14.6. The van der Waals surface area contributed by atoms with Crippen LogP contribution in [0.3, 0.4) is 0 Å². The number of hydrogen-bond acceptors (Lipinski definition) is 3. The Bertz CT molecular complexity index is 616. The van der Waals surface area contributed by atoms with Crippen molar-refractivity contribution in [3.8, 4) is 0 Å². The van der Waals surface area contributed by atoms with Gasteiger partial charge >= 0.3 is 0 Å². The van der Waals surface area contributed by atoms with Crippen LogP contribution in [0.4, 0.5) is 0 Å². The molecular weight excluding hydrogens is 361 g/mol. The van der Waals surface area contributed by atoms with E-state index in [4.69, 9.17) is 23.2 Å². The van der Waals surface area contributed by atoms with Gasteiger partial charge < -0.3 is 10.6 Å². The van der Waals surface area contributed by atoms with E-state index in [2.05, 4.69) is 15.5 Å². The minimum absolute atomic E-state index is 0.0108. The first-order valence-electron chi connectivity index (χ1n) is 8.56. The first-order chi connectivity index (χ1) is 11.8. The molecule has 1 heterocycles. The maximum Gasteiger partial charge on any atom is 0.234 e. The Labute approximate surface area is 159 Å². The van der Waals surface area contributed by atoms with Gasteiger partial charge in [0.15, 0.2) is 0 Å². The molecule has 1 aromatic rings. The van der Waals surface area contributed by atoms with Gasteiger partial charge in [-0.05, 0) is 56.5 Å². The standard InChI is InChI=1S/C18H25Cl2N3O2/c1-12(16-4-3-15(19)9-17(16)20)22-18(25)11-23-7-5-14(6-8-23)10-21-13(2)24/h3-4,9,12,14H,5-8,10-11H2,1-2H3,(H,21,24)(H,22,25). The third kappa shape index (κ3) is 6.49. The lowest BCUT2D eigenvalue weighted by molar-refractivity contribution is -0.123. The number of carbonyl (C=O) groups excluding carboxylic acids is 2. The van der Waals surface area contributed by atoms with Crippen LogP contribution in [0.5, 0.6) is 0 Å². The second-order valence-corrected chi connectivity index (χ2v) is 7.46. The molecule has 2 rings (SSSR count). The van der Waals surface area contributed by atoms with Crippen molar-refractivity contribution in [1.82, 2.24) is 15.5 Å². The number of nitrogens with zero attached hydrogens (tertiary/aromatic N) is 1. The smallest absolute Gasteiger partial charge is 0.234 e. The van der Waals surface area contributed by atoms with Gasteiger partial charge in [0, 0.05) is 23.5 Å². The van der Waals surface area contributed by atoms with E-state index >= 15 is 0 Å². The second-order valence-electron chi connectivity index (χ2n) is 6.61. The fourth-order valence-corrected chi connectivity index (χ4v) is 3.63. The van der Waals surface area contributed by atoms with Crippen LogP contribution in [0, 0.1) is 5.92 Å². The number of piperidine rings is 1. The predicted octanol–water partition coefficient (Wildman–Crippen LogP) is 3.02. The maximum absolute atomic E-state index is 12.3. The van der Waals surface area contributed by atoms with Crippen molar-refractivity contribution in [2.24, 2.45) is 5.92 Å². The molecule has 0 saturated carbocycles. The van der Waals surface area contributed by atoms with Crippen LogP contribution in [0.15, 0.2) is 18.2 Å². The molecule has 0 aromatic heterocycles. The quantitative estimate of drug-likeness (QED) is 0.790. The number of halogens is 2. The van der Waals surface area contributed by atoms with Crippen molar-refractivity contribution in [2.45, 2.75) is 32.7 Å². The highest BCUT2D eigenvalue weighted by molar-refractivity contribution is 6.35. The lowest BCUT2D eigenvalue weighted by Gasteiger charge is -2.31. The summed E-state index contributed by atoms with van der Waals surface area (Å²) in [5.41, 5.74) is 0.855. The van der Waals surface area contributed by atoms with Gasteiger partial charge in [0.25, 0.3) is 0 Å². The van der Waals surface area contributed by atoms with Gasteiger partial charge in [0.2, 0.25) is 11.8 Å². The Morgan fingerprint density at radius 2 is 1.96 bits per heavy atom. The van der Waals surface area contributed by atoms with E-state index in [0.29, 0.717) is 22.5 Å². The molecule has 1 aromatic carbocycles. The number of rotatable bonds is 6. The molecule has 25 heavy (non-hydrogen) atoms. The van der Waals surface area contributed by atoms with Gasteiger partial charge in [-0.2, -0.15) is 0 Å². The summed E-state index contributed by atoms with van der Waals surface area (Å²) in [6.07, 6.45) is 1.98. The molecule has 1 unspecified atom stereocenters. The Hall–Kier alpha value is -1.30. The largest absolute Gasteiger partial charge is 0.356 e. The topological polar surface area (TPSA) is 61.4 Å². The molecular formula is C18H25Cl2N3O2. The van der Waals surface area contributed by atoms with Crippen molar-refractivity contribution < 1.29 is 9.59 Å². The Morgan fingerprint density at radius 3 is 2.56 bits per heavy atom. The normalized spacial score (nSPS) is 17.1. The summed E-state index contributed by atoms with van der Waals surface area (Å²) < 4.78 is 0. The molecule has 5 nitrogen and oxygen atoms in total. The fraction of sp³-hybridized carbons (Fsp3) is 0.556. The lowest BCUT2D eigenvalue weighted by atomic mass is 9.97. The van der Waals surface area contributed by atoms with E-state index in [1.807, 2.05) is 13.0 Å². The summed E-state index contributed by atoms with van der Waals surface area (Å²) in [6.45, 7) is 6.28. The van der Waals surface area contributed by atoms with Gasteiger partial charge in [-0.1, -0.05) is 29.3 Å². The summed E-state index contributed by atoms with van der Waals surface area (Å²) in [4.78, 5) is 25.4. The minimum atomic E-state index is -0.172. The van der Waals surface area contributed by atoms with E-state index in [-0.39, 0.29) is 17.9 Å². The highest BCUT2D eigenvalue weighted by atomic mass is 35.5. The molecule has 1 fully saturated rings. The van der Waals surface area contributed by atoms with Gasteiger partial charge in [0.1, 0.15) is 0 Å². The Balaban J connectivity index is 1.76. The molecule has 2 amide bonds. The Morgan fingerprint density at radius 1 is 1.28 bits per heavy atom. The summed E-state index contributed by atoms with van der Waals surface area (Å²) >= 11 is 12.1. The molecule has 1 atom stereocenters. The van der Waals surface area contributed by atoms with Gasteiger partial charge in [-0.15, -0.1) is 0 Å². The molecule has 1 aliphatic heterocycles. The molecule has 1 saturated heterocycles. The van der Waals surface area contributed by atoms with Crippen molar-refractivity contribution in [2.75, 3.05) is 26.2 Å². The number of nitrogens with one attached hydrogen (secondary N) is 2. The fourth-order valence-electron chi connectivity index (χ4n) is 3.06.